The molecule has 0 fully saturated rings. The molecule has 0 spiro atoms. The molecular weight excluding hydrogens is 204 g/mol. The van der Waals surface area contributed by atoms with E-state index in [1.807, 2.05) is 24.3 Å². The summed E-state index contributed by atoms with van der Waals surface area (Å²) in [5.41, 5.74) is 1.22. The molecule has 0 saturated carbocycles. The number of carboxylic acid groups (broad SMARTS) is 1. The topological polar surface area (TPSA) is 46.5 Å². The van der Waals surface area contributed by atoms with Crippen molar-refractivity contribution in [2.75, 3.05) is 0 Å². The van der Waals surface area contributed by atoms with Gasteiger partial charge < -0.3 is 9.84 Å². The fraction of sp³-hybridized carbons (Fsp3) is 0.462. The van der Waals surface area contributed by atoms with Crippen molar-refractivity contribution in [1.29, 1.82) is 0 Å². The molecule has 0 aliphatic heterocycles. The van der Waals surface area contributed by atoms with Crippen LogP contribution in [-0.2, 0) is 4.79 Å². The van der Waals surface area contributed by atoms with E-state index >= 15 is 0 Å². The van der Waals surface area contributed by atoms with Crippen molar-refractivity contribution < 1.29 is 14.6 Å². The highest BCUT2D eigenvalue weighted by atomic mass is 16.5. The molecule has 1 rings (SSSR count). The van der Waals surface area contributed by atoms with Gasteiger partial charge in [-0.05, 0) is 30.0 Å². The van der Waals surface area contributed by atoms with Crippen molar-refractivity contribution in [3.8, 4) is 5.75 Å². The molecule has 0 heterocycles. The molecule has 0 aliphatic carbocycles. The molecule has 3 nitrogen and oxygen atoms in total. The molecular formula is C13H18O3. The van der Waals surface area contributed by atoms with Crippen LogP contribution in [0.4, 0.5) is 0 Å². The van der Waals surface area contributed by atoms with Crippen LogP contribution >= 0.6 is 0 Å². The zero-order valence-electron chi connectivity index (χ0n) is 9.93. The number of rotatable bonds is 5. The second kappa shape index (κ2) is 5.54. The molecule has 0 aromatic heterocycles. The Hall–Kier alpha value is -1.51. The third-order valence-electron chi connectivity index (χ3n) is 2.47. The molecule has 16 heavy (non-hydrogen) atoms. The lowest BCUT2D eigenvalue weighted by molar-refractivity contribution is -0.145. The molecule has 0 unspecified atom stereocenters. The molecule has 0 saturated heterocycles. The van der Waals surface area contributed by atoms with Gasteiger partial charge in [0, 0.05) is 0 Å². The van der Waals surface area contributed by atoms with Gasteiger partial charge in [-0.1, -0.05) is 32.9 Å². The summed E-state index contributed by atoms with van der Waals surface area (Å²) in [6.07, 6.45) is -0.300. The molecule has 1 N–H and O–H groups in total. The molecule has 0 aliphatic rings. The van der Waals surface area contributed by atoms with Gasteiger partial charge in [-0.2, -0.15) is 0 Å². The van der Waals surface area contributed by atoms with Crippen LogP contribution < -0.4 is 4.74 Å². The van der Waals surface area contributed by atoms with Crippen molar-refractivity contribution in [2.45, 2.75) is 39.2 Å². The van der Waals surface area contributed by atoms with E-state index in [4.69, 9.17) is 9.84 Å². The second-order valence-electron chi connectivity index (χ2n) is 4.08. The number of hydrogen-bond donors (Lipinski definition) is 1. The third-order valence-corrected chi connectivity index (χ3v) is 2.47. The Balaban J connectivity index is 2.71. The Morgan fingerprint density at radius 3 is 2.25 bits per heavy atom. The van der Waals surface area contributed by atoms with Gasteiger partial charge in [0.25, 0.3) is 0 Å². The summed E-state index contributed by atoms with van der Waals surface area (Å²) >= 11 is 0. The van der Waals surface area contributed by atoms with Gasteiger partial charge in [-0.15, -0.1) is 0 Å². The van der Waals surface area contributed by atoms with E-state index in [1.54, 1.807) is 6.92 Å². The predicted molar refractivity (Wildman–Crippen MR) is 62.9 cm³/mol. The Bertz CT molecular complexity index is 341. The Kier molecular flexibility index (Phi) is 4.35. The van der Waals surface area contributed by atoms with Gasteiger partial charge in [-0.3, -0.25) is 0 Å². The van der Waals surface area contributed by atoms with Crippen LogP contribution in [0.3, 0.4) is 0 Å². The maximum absolute atomic E-state index is 10.8. The lowest BCUT2D eigenvalue weighted by atomic mass is 10.0. The van der Waals surface area contributed by atoms with Crippen LogP contribution in [0.1, 0.15) is 38.7 Å². The first kappa shape index (κ1) is 12.6. The first-order valence-electron chi connectivity index (χ1n) is 5.54. The molecule has 0 bridgehead atoms. The van der Waals surface area contributed by atoms with Crippen LogP contribution in [0, 0.1) is 0 Å². The van der Waals surface area contributed by atoms with E-state index in [1.165, 1.54) is 5.56 Å². The minimum atomic E-state index is -0.921. The summed E-state index contributed by atoms with van der Waals surface area (Å²) in [6.45, 7) is 6.02. The fourth-order valence-corrected chi connectivity index (χ4v) is 1.40. The first-order valence-corrected chi connectivity index (χ1v) is 5.54. The van der Waals surface area contributed by atoms with Gasteiger partial charge in [0.15, 0.2) is 6.10 Å². The predicted octanol–water partition coefficient (Wildman–Crippen LogP) is 3.05. The molecule has 1 aromatic rings. The van der Waals surface area contributed by atoms with Crippen molar-refractivity contribution in [2.24, 2.45) is 0 Å². The van der Waals surface area contributed by atoms with Crippen LogP contribution in [0.2, 0.25) is 0 Å². The Labute approximate surface area is 96.1 Å². The van der Waals surface area contributed by atoms with Crippen molar-refractivity contribution in [1.82, 2.24) is 0 Å². The zero-order valence-corrected chi connectivity index (χ0v) is 9.93. The highest BCUT2D eigenvalue weighted by molar-refractivity contribution is 5.72. The minimum Gasteiger partial charge on any atom is -0.479 e. The number of ether oxygens (including phenoxy) is 1. The lowest BCUT2D eigenvalue weighted by Crippen LogP contribution is -2.25. The average molecular weight is 222 g/mol. The van der Waals surface area contributed by atoms with Crippen molar-refractivity contribution in [3.05, 3.63) is 29.8 Å². The van der Waals surface area contributed by atoms with Gasteiger partial charge >= 0.3 is 5.97 Å². The molecule has 88 valence electrons. The van der Waals surface area contributed by atoms with Gasteiger partial charge in [0.1, 0.15) is 5.75 Å². The van der Waals surface area contributed by atoms with E-state index in [0.29, 0.717) is 18.1 Å². The lowest BCUT2D eigenvalue weighted by Gasteiger charge is -2.13. The van der Waals surface area contributed by atoms with E-state index in [9.17, 15) is 4.79 Å². The van der Waals surface area contributed by atoms with Crippen LogP contribution in [0.25, 0.3) is 0 Å². The number of aliphatic carboxylic acids is 1. The fourth-order valence-electron chi connectivity index (χ4n) is 1.40. The van der Waals surface area contributed by atoms with E-state index in [2.05, 4.69) is 13.8 Å². The maximum Gasteiger partial charge on any atom is 0.344 e. The summed E-state index contributed by atoms with van der Waals surface area (Å²) in [4.78, 5) is 10.8. The van der Waals surface area contributed by atoms with E-state index < -0.39 is 12.1 Å². The van der Waals surface area contributed by atoms with Crippen molar-refractivity contribution >= 4 is 5.97 Å². The van der Waals surface area contributed by atoms with Gasteiger partial charge in [0.05, 0.1) is 0 Å². The quantitative estimate of drug-likeness (QED) is 0.832. The number of carboxylic acids is 1. The molecule has 3 heteroatoms. The highest BCUT2D eigenvalue weighted by Gasteiger charge is 2.16. The largest absolute Gasteiger partial charge is 0.479 e. The van der Waals surface area contributed by atoms with E-state index in [-0.39, 0.29) is 0 Å². The molecule has 0 amide bonds. The first-order chi connectivity index (χ1) is 7.54. The summed E-state index contributed by atoms with van der Waals surface area (Å²) < 4.78 is 5.36. The van der Waals surface area contributed by atoms with E-state index in [0.717, 1.165) is 0 Å². The normalized spacial score (nSPS) is 12.5. The minimum absolute atomic E-state index is 0.460. The Morgan fingerprint density at radius 2 is 1.88 bits per heavy atom. The molecule has 1 atom stereocenters. The number of benzene rings is 1. The summed E-state index contributed by atoms with van der Waals surface area (Å²) in [6, 6.07) is 7.57. The van der Waals surface area contributed by atoms with Gasteiger partial charge in [-0.25, -0.2) is 4.79 Å². The second-order valence-corrected chi connectivity index (χ2v) is 4.08. The average Bonchev–Trinajstić information content (AvgIpc) is 2.26. The SMILES string of the molecule is CC[C@H](Oc1ccc(C(C)C)cc1)C(=O)O. The van der Waals surface area contributed by atoms with Crippen LogP contribution in [0.5, 0.6) is 5.75 Å². The summed E-state index contributed by atoms with van der Waals surface area (Å²) in [5, 5.41) is 8.85. The highest BCUT2D eigenvalue weighted by Crippen LogP contribution is 2.19. The Morgan fingerprint density at radius 1 is 1.31 bits per heavy atom. The molecule has 1 aromatic carbocycles. The maximum atomic E-state index is 10.8. The van der Waals surface area contributed by atoms with Gasteiger partial charge in [0.2, 0.25) is 0 Å². The smallest absolute Gasteiger partial charge is 0.344 e. The van der Waals surface area contributed by atoms with Crippen molar-refractivity contribution in [3.63, 3.8) is 0 Å². The summed E-state index contributed by atoms with van der Waals surface area (Å²) in [5.74, 6) is 0.157. The van der Waals surface area contributed by atoms with Crippen LogP contribution in [-0.4, -0.2) is 17.2 Å². The monoisotopic (exact) mass is 222 g/mol. The molecule has 0 radical (unpaired) electrons. The zero-order chi connectivity index (χ0) is 12.1. The summed E-state index contributed by atoms with van der Waals surface area (Å²) in [7, 11) is 0. The number of hydrogen-bond acceptors (Lipinski definition) is 2. The standard InChI is InChI=1S/C13H18O3/c1-4-12(13(14)15)16-11-7-5-10(6-8-11)9(2)3/h5-9,12H,4H2,1-3H3,(H,14,15)/t12-/m0/s1. The third kappa shape index (κ3) is 3.26. The van der Waals surface area contributed by atoms with Crippen LogP contribution in [0.15, 0.2) is 24.3 Å². The number of carbonyl (C=O) groups is 1.